The van der Waals surface area contributed by atoms with Crippen LogP contribution >= 0.6 is 0 Å². The quantitative estimate of drug-likeness (QED) is 0.453. The van der Waals surface area contributed by atoms with E-state index in [0.717, 1.165) is 42.0 Å². The van der Waals surface area contributed by atoms with Crippen LogP contribution in [-0.4, -0.2) is 47.9 Å². The van der Waals surface area contributed by atoms with Crippen LogP contribution in [0.1, 0.15) is 45.7 Å². The number of benzene rings is 2. The molecule has 3 N–H and O–H groups in total. The Kier molecular flexibility index (Phi) is 6.26. The molecule has 0 saturated carbocycles. The van der Waals surface area contributed by atoms with Gasteiger partial charge in [-0.15, -0.1) is 0 Å². The van der Waals surface area contributed by atoms with Gasteiger partial charge < -0.3 is 20.5 Å². The molecule has 1 fully saturated rings. The zero-order valence-corrected chi connectivity index (χ0v) is 20.0. The third-order valence-electron chi connectivity index (χ3n) is 6.87. The Morgan fingerprint density at radius 1 is 1.14 bits per heavy atom. The second kappa shape index (κ2) is 9.50. The Bertz CT molecular complexity index is 1330. The average Bonchev–Trinajstić information content (AvgIpc) is 3.52. The van der Waals surface area contributed by atoms with Crippen molar-refractivity contribution in [3.63, 3.8) is 0 Å². The standard InChI is InChI=1S/C28H29FN4O2/c1-17-24(31-18(2)25(17)28(35)30-11-14-33-12-3-4-13-33)16-22-26-21(19-7-5-8-20(29)15-19)9-6-10-23(26)32-27(22)34/h5-10,15-16,31H,3-4,11-14H2,1-2H3,(H,30,35)(H,32,34). The molecule has 180 valence electrons. The van der Waals surface area contributed by atoms with Gasteiger partial charge in [0.05, 0.1) is 11.1 Å². The Labute approximate surface area is 204 Å². The molecule has 3 aromatic rings. The molecule has 5 rings (SSSR count). The molecule has 0 radical (unpaired) electrons. The van der Waals surface area contributed by atoms with Crippen molar-refractivity contribution < 1.29 is 14.0 Å². The number of nitrogens with one attached hydrogen (secondary N) is 3. The first-order chi connectivity index (χ1) is 16.9. The largest absolute Gasteiger partial charge is 0.358 e. The molecule has 3 heterocycles. The zero-order chi connectivity index (χ0) is 24.5. The molecule has 6 nitrogen and oxygen atoms in total. The van der Waals surface area contributed by atoms with Gasteiger partial charge >= 0.3 is 0 Å². The monoisotopic (exact) mass is 472 g/mol. The summed E-state index contributed by atoms with van der Waals surface area (Å²) in [4.78, 5) is 31.5. The predicted molar refractivity (Wildman–Crippen MR) is 137 cm³/mol. The van der Waals surface area contributed by atoms with Crippen LogP contribution in [0.4, 0.5) is 10.1 Å². The summed E-state index contributed by atoms with van der Waals surface area (Å²) in [6, 6.07) is 11.9. The third kappa shape index (κ3) is 4.51. The number of likely N-dealkylation sites (tertiary alicyclic amines) is 1. The molecule has 2 amide bonds. The molecular formula is C28H29FN4O2. The number of nitrogens with zero attached hydrogens (tertiary/aromatic N) is 1. The van der Waals surface area contributed by atoms with Crippen molar-refractivity contribution in [1.29, 1.82) is 0 Å². The van der Waals surface area contributed by atoms with E-state index in [0.29, 0.717) is 34.6 Å². The van der Waals surface area contributed by atoms with Gasteiger partial charge in [-0.25, -0.2) is 4.39 Å². The maximum atomic E-state index is 13.9. The first-order valence-corrected chi connectivity index (χ1v) is 12.0. The fourth-order valence-electron chi connectivity index (χ4n) is 5.11. The molecule has 2 aliphatic heterocycles. The maximum absolute atomic E-state index is 13.9. The highest BCUT2D eigenvalue weighted by Crippen LogP contribution is 2.40. The summed E-state index contributed by atoms with van der Waals surface area (Å²) in [5.74, 6) is -0.678. The first kappa shape index (κ1) is 23.1. The fraction of sp³-hybridized carbons (Fsp3) is 0.286. The number of aryl methyl sites for hydroxylation is 1. The van der Waals surface area contributed by atoms with Crippen LogP contribution in [0.25, 0.3) is 22.8 Å². The lowest BCUT2D eigenvalue weighted by Gasteiger charge is -2.14. The lowest BCUT2D eigenvalue weighted by Crippen LogP contribution is -2.33. The number of halogens is 1. The summed E-state index contributed by atoms with van der Waals surface area (Å²) in [6.07, 6.45) is 4.23. The number of carbonyl (C=O) groups is 2. The van der Waals surface area contributed by atoms with Crippen LogP contribution in [0.2, 0.25) is 0 Å². The van der Waals surface area contributed by atoms with E-state index < -0.39 is 0 Å². The highest BCUT2D eigenvalue weighted by atomic mass is 19.1. The van der Waals surface area contributed by atoms with Crippen LogP contribution in [0.15, 0.2) is 42.5 Å². The molecule has 1 saturated heterocycles. The second-order valence-corrected chi connectivity index (χ2v) is 9.22. The fourth-order valence-corrected chi connectivity index (χ4v) is 5.11. The van der Waals surface area contributed by atoms with Gasteiger partial charge in [0.25, 0.3) is 11.8 Å². The predicted octanol–water partition coefficient (Wildman–Crippen LogP) is 4.76. The Hall–Kier alpha value is -3.71. The van der Waals surface area contributed by atoms with Gasteiger partial charge in [-0.05, 0) is 80.7 Å². The topological polar surface area (TPSA) is 77.2 Å². The van der Waals surface area contributed by atoms with E-state index >= 15 is 0 Å². The summed E-state index contributed by atoms with van der Waals surface area (Å²) >= 11 is 0. The Morgan fingerprint density at radius 2 is 1.91 bits per heavy atom. The lowest BCUT2D eigenvalue weighted by atomic mass is 9.94. The summed E-state index contributed by atoms with van der Waals surface area (Å²) in [5.41, 5.74) is 6.22. The normalized spacial score (nSPS) is 16.5. The summed E-state index contributed by atoms with van der Waals surface area (Å²) in [5, 5.41) is 5.95. The van der Waals surface area contributed by atoms with Gasteiger partial charge in [0.15, 0.2) is 0 Å². The number of hydrogen-bond acceptors (Lipinski definition) is 3. The van der Waals surface area contributed by atoms with E-state index in [1.54, 1.807) is 12.1 Å². The third-order valence-corrected chi connectivity index (χ3v) is 6.87. The van der Waals surface area contributed by atoms with Crippen molar-refractivity contribution in [3.8, 4) is 11.1 Å². The Morgan fingerprint density at radius 3 is 2.69 bits per heavy atom. The van der Waals surface area contributed by atoms with Crippen molar-refractivity contribution >= 4 is 29.2 Å². The lowest BCUT2D eigenvalue weighted by molar-refractivity contribution is -0.110. The van der Waals surface area contributed by atoms with E-state index in [1.165, 1.54) is 25.0 Å². The minimum absolute atomic E-state index is 0.114. The summed E-state index contributed by atoms with van der Waals surface area (Å²) in [6.45, 7) is 7.40. The number of H-pyrrole nitrogens is 1. The summed E-state index contributed by atoms with van der Waals surface area (Å²) < 4.78 is 13.9. The van der Waals surface area contributed by atoms with Gasteiger partial charge in [-0.1, -0.05) is 24.3 Å². The van der Waals surface area contributed by atoms with Crippen LogP contribution in [-0.2, 0) is 4.79 Å². The number of rotatable bonds is 6. The van der Waals surface area contributed by atoms with Crippen LogP contribution in [0.3, 0.4) is 0 Å². The van der Waals surface area contributed by atoms with Crippen molar-refractivity contribution in [2.75, 3.05) is 31.5 Å². The van der Waals surface area contributed by atoms with Crippen LogP contribution in [0, 0.1) is 19.7 Å². The molecule has 0 spiro atoms. The second-order valence-electron chi connectivity index (χ2n) is 9.22. The Balaban J connectivity index is 1.45. The SMILES string of the molecule is Cc1[nH]c(C=C2C(=O)Nc3cccc(-c4cccc(F)c4)c32)c(C)c1C(=O)NCCN1CCCC1. The average molecular weight is 473 g/mol. The van der Waals surface area contributed by atoms with E-state index in [9.17, 15) is 14.0 Å². The van der Waals surface area contributed by atoms with Gasteiger partial charge in [0.1, 0.15) is 5.82 Å². The van der Waals surface area contributed by atoms with Crippen LogP contribution in [0.5, 0.6) is 0 Å². The van der Waals surface area contributed by atoms with E-state index in [1.807, 2.05) is 38.1 Å². The first-order valence-electron chi connectivity index (χ1n) is 12.0. The molecule has 0 atom stereocenters. The molecular weight excluding hydrogens is 443 g/mol. The molecule has 0 aliphatic carbocycles. The number of anilines is 1. The molecule has 2 aromatic carbocycles. The number of aromatic amines is 1. The summed E-state index contributed by atoms with van der Waals surface area (Å²) in [7, 11) is 0. The minimum atomic E-state index is -0.334. The molecule has 2 aliphatic rings. The van der Waals surface area contributed by atoms with E-state index in [-0.39, 0.29) is 17.6 Å². The van der Waals surface area contributed by atoms with Crippen molar-refractivity contribution in [2.24, 2.45) is 0 Å². The van der Waals surface area contributed by atoms with Gasteiger partial charge in [-0.2, -0.15) is 0 Å². The number of carbonyl (C=O) groups excluding carboxylic acids is 2. The smallest absolute Gasteiger partial charge is 0.256 e. The molecule has 1 aromatic heterocycles. The number of hydrogen-bond donors (Lipinski definition) is 3. The maximum Gasteiger partial charge on any atom is 0.256 e. The number of fused-ring (bicyclic) bond motifs is 1. The van der Waals surface area contributed by atoms with E-state index in [2.05, 4.69) is 20.5 Å². The highest BCUT2D eigenvalue weighted by molar-refractivity contribution is 6.36. The van der Waals surface area contributed by atoms with Crippen LogP contribution < -0.4 is 10.6 Å². The molecule has 0 bridgehead atoms. The van der Waals surface area contributed by atoms with Gasteiger partial charge in [0.2, 0.25) is 0 Å². The molecule has 0 unspecified atom stereocenters. The van der Waals surface area contributed by atoms with Gasteiger partial charge in [-0.3, -0.25) is 9.59 Å². The van der Waals surface area contributed by atoms with Crippen molar-refractivity contribution in [1.82, 2.24) is 15.2 Å². The van der Waals surface area contributed by atoms with Crippen molar-refractivity contribution in [2.45, 2.75) is 26.7 Å². The molecule has 7 heteroatoms. The zero-order valence-electron chi connectivity index (χ0n) is 20.0. The van der Waals surface area contributed by atoms with E-state index in [4.69, 9.17) is 0 Å². The highest BCUT2D eigenvalue weighted by Gasteiger charge is 2.28. The number of amides is 2. The number of aromatic nitrogens is 1. The minimum Gasteiger partial charge on any atom is -0.358 e. The molecule has 35 heavy (non-hydrogen) atoms. The van der Waals surface area contributed by atoms with Gasteiger partial charge in [0, 0.05) is 35.7 Å². The van der Waals surface area contributed by atoms with Crippen molar-refractivity contribution in [3.05, 3.63) is 76.4 Å².